The molecule has 0 atom stereocenters. The van der Waals surface area contributed by atoms with Gasteiger partial charge >= 0.3 is 6.01 Å². The third kappa shape index (κ3) is 2.62. The van der Waals surface area contributed by atoms with Gasteiger partial charge in [0.15, 0.2) is 5.82 Å². The largest absolute Gasteiger partial charge is 0.507 e. The highest BCUT2D eigenvalue weighted by atomic mass is 79.9. The number of halogens is 1. The first kappa shape index (κ1) is 11.6. The van der Waals surface area contributed by atoms with Crippen LogP contribution in [0.3, 0.4) is 0 Å². The molecule has 2 aromatic rings. The number of carbonyl (C=O) groups excluding carboxylic acids is 1. The van der Waals surface area contributed by atoms with Crippen molar-refractivity contribution in [1.29, 1.82) is 0 Å². The molecule has 0 aliphatic heterocycles. The quantitative estimate of drug-likeness (QED) is 0.886. The molecule has 0 saturated heterocycles. The van der Waals surface area contributed by atoms with Crippen LogP contribution in [-0.2, 0) is 0 Å². The van der Waals surface area contributed by atoms with E-state index in [9.17, 15) is 9.90 Å². The van der Waals surface area contributed by atoms with Gasteiger partial charge in [0.25, 0.3) is 5.91 Å². The first-order chi connectivity index (χ1) is 8.06. The Morgan fingerprint density at radius 3 is 2.88 bits per heavy atom. The topological polar surface area (TPSA) is 88.2 Å². The number of nitrogens with one attached hydrogen (secondary N) is 1. The summed E-state index contributed by atoms with van der Waals surface area (Å²) in [6.45, 7) is 1.64. The summed E-state index contributed by atoms with van der Waals surface area (Å²) in [7, 11) is 0. The average molecular weight is 298 g/mol. The fourth-order valence-electron chi connectivity index (χ4n) is 1.21. The van der Waals surface area contributed by atoms with Gasteiger partial charge in [0, 0.05) is 4.47 Å². The van der Waals surface area contributed by atoms with E-state index in [1.165, 1.54) is 12.1 Å². The number of rotatable bonds is 2. The first-order valence-corrected chi connectivity index (χ1v) is 5.46. The molecular formula is C10H8BrN3O3. The molecule has 7 heteroatoms. The summed E-state index contributed by atoms with van der Waals surface area (Å²) in [6.07, 6.45) is 0. The normalized spacial score (nSPS) is 10.2. The van der Waals surface area contributed by atoms with Gasteiger partial charge in [-0.3, -0.25) is 10.1 Å². The predicted molar refractivity (Wildman–Crippen MR) is 62.8 cm³/mol. The van der Waals surface area contributed by atoms with Crippen LogP contribution in [-0.4, -0.2) is 21.2 Å². The highest BCUT2D eigenvalue weighted by Gasteiger charge is 2.14. The zero-order valence-electron chi connectivity index (χ0n) is 8.77. The molecule has 0 aliphatic rings. The second-order valence-corrected chi connectivity index (χ2v) is 4.18. The van der Waals surface area contributed by atoms with E-state index in [2.05, 4.69) is 31.4 Å². The number of carbonyl (C=O) groups is 1. The van der Waals surface area contributed by atoms with Crippen LogP contribution in [0, 0.1) is 6.92 Å². The molecule has 1 heterocycles. The molecule has 2 N–H and O–H groups in total. The third-order valence-corrected chi connectivity index (χ3v) is 2.45. The SMILES string of the molecule is Cc1noc(NC(=O)c2ccc(Br)cc2O)n1. The van der Waals surface area contributed by atoms with Crippen LogP contribution < -0.4 is 5.32 Å². The fraction of sp³-hybridized carbons (Fsp3) is 0.100. The molecular weight excluding hydrogens is 290 g/mol. The molecule has 6 nitrogen and oxygen atoms in total. The second kappa shape index (κ2) is 4.54. The number of hydrogen-bond donors (Lipinski definition) is 2. The Hall–Kier alpha value is -1.89. The lowest BCUT2D eigenvalue weighted by molar-refractivity contribution is 0.102. The maximum absolute atomic E-state index is 11.7. The van der Waals surface area contributed by atoms with E-state index in [1.54, 1.807) is 13.0 Å². The van der Waals surface area contributed by atoms with Gasteiger partial charge in [-0.15, -0.1) is 0 Å². The van der Waals surface area contributed by atoms with Crippen LogP contribution in [0.5, 0.6) is 5.75 Å². The van der Waals surface area contributed by atoms with Gasteiger partial charge in [-0.25, -0.2) is 0 Å². The Bertz CT molecular complexity index is 568. The van der Waals surface area contributed by atoms with Crippen molar-refractivity contribution in [2.75, 3.05) is 5.32 Å². The van der Waals surface area contributed by atoms with Gasteiger partial charge in [-0.05, 0) is 25.1 Å². The van der Waals surface area contributed by atoms with Gasteiger partial charge in [0.05, 0.1) is 5.56 Å². The summed E-state index contributed by atoms with van der Waals surface area (Å²) in [5, 5.41) is 15.5. The highest BCUT2D eigenvalue weighted by Crippen LogP contribution is 2.22. The molecule has 0 saturated carbocycles. The molecule has 0 unspecified atom stereocenters. The number of aromatic nitrogens is 2. The molecule has 0 bridgehead atoms. The minimum Gasteiger partial charge on any atom is -0.507 e. The van der Waals surface area contributed by atoms with Crippen molar-refractivity contribution in [3.05, 3.63) is 34.1 Å². The molecule has 1 amide bonds. The minimum absolute atomic E-state index is 0.00480. The maximum atomic E-state index is 11.7. The zero-order chi connectivity index (χ0) is 12.4. The summed E-state index contributed by atoms with van der Waals surface area (Å²) in [6, 6.07) is 4.55. The number of aryl methyl sites for hydroxylation is 1. The van der Waals surface area contributed by atoms with Gasteiger partial charge in [0.2, 0.25) is 0 Å². The summed E-state index contributed by atoms with van der Waals surface area (Å²) in [5.41, 5.74) is 0.129. The van der Waals surface area contributed by atoms with E-state index in [1.807, 2.05) is 0 Å². The molecule has 2 rings (SSSR count). The average Bonchev–Trinajstić information content (AvgIpc) is 2.63. The summed E-state index contributed by atoms with van der Waals surface area (Å²) in [4.78, 5) is 15.6. The number of benzene rings is 1. The van der Waals surface area contributed by atoms with Crippen LogP contribution in [0.25, 0.3) is 0 Å². The summed E-state index contributed by atoms with van der Waals surface area (Å²) < 4.78 is 5.42. The van der Waals surface area contributed by atoms with E-state index in [0.717, 1.165) is 0 Å². The van der Waals surface area contributed by atoms with Crippen LogP contribution in [0.4, 0.5) is 6.01 Å². The summed E-state index contributed by atoms with van der Waals surface area (Å²) >= 11 is 3.18. The Morgan fingerprint density at radius 1 is 1.53 bits per heavy atom. The Labute approximate surface area is 105 Å². The van der Waals surface area contributed by atoms with Crippen molar-refractivity contribution in [2.24, 2.45) is 0 Å². The maximum Gasteiger partial charge on any atom is 0.328 e. The number of anilines is 1. The number of aromatic hydroxyl groups is 1. The van der Waals surface area contributed by atoms with Crippen molar-refractivity contribution in [2.45, 2.75) is 6.92 Å². The molecule has 0 radical (unpaired) electrons. The Morgan fingerprint density at radius 2 is 2.29 bits per heavy atom. The Kier molecular flexibility index (Phi) is 3.10. The lowest BCUT2D eigenvalue weighted by Crippen LogP contribution is -2.12. The van der Waals surface area contributed by atoms with Gasteiger partial charge in [-0.1, -0.05) is 21.1 Å². The van der Waals surface area contributed by atoms with Crippen molar-refractivity contribution in [1.82, 2.24) is 10.1 Å². The zero-order valence-corrected chi connectivity index (χ0v) is 10.4. The third-order valence-electron chi connectivity index (χ3n) is 1.95. The van der Waals surface area contributed by atoms with Crippen molar-refractivity contribution >= 4 is 27.9 Å². The first-order valence-electron chi connectivity index (χ1n) is 4.66. The molecule has 0 spiro atoms. The van der Waals surface area contributed by atoms with Crippen LogP contribution in [0.2, 0.25) is 0 Å². The van der Waals surface area contributed by atoms with Gasteiger partial charge < -0.3 is 9.63 Å². The lowest BCUT2D eigenvalue weighted by atomic mass is 10.2. The molecule has 0 fully saturated rings. The van der Waals surface area contributed by atoms with E-state index < -0.39 is 5.91 Å². The van der Waals surface area contributed by atoms with Gasteiger partial charge in [0.1, 0.15) is 5.75 Å². The molecule has 88 valence electrons. The van der Waals surface area contributed by atoms with Crippen LogP contribution in [0.15, 0.2) is 27.2 Å². The number of phenols is 1. The molecule has 1 aromatic heterocycles. The number of nitrogens with zero attached hydrogens (tertiary/aromatic N) is 2. The molecule has 0 aliphatic carbocycles. The van der Waals surface area contributed by atoms with Crippen LogP contribution >= 0.6 is 15.9 Å². The highest BCUT2D eigenvalue weighted by molar-refractivity contribution is 9.10. The van der Waals surface area contributed by atoms with Crippen molar-refractivity contribution < 1.29 is 14.4 Å². The standard InChI is InChI=1S/C10H8BrN3O3/c1-5-12-10(17-14-5)13-9(16)7-3-2-6(11)4-8(7)15/h2-4,15H,1H3,(H,12,13,14,16). The van der Waals surface area contributed by atoms with Crippen LogP contribution in [0.1, 0.15) is 16.2 Å². The predicted octanol–water partition coefficient (Wildman–Crippen LogP) is 2.10. The summed E-state index contributed by atoms with van der Waals surface area (Å²) in [5.74, 6) is -0.230. The van der Waals surface area contributed by atoms with E-state index >= 15 is 0 Å². The monoisotopic (exact) mass is 297 g/mol. The fourth-order valence-corrected chi connectivity index (χ4v) is 1.56. The molecule has 1 aromatic carbocycles. The van der Waals surface area contributed by atoms with Gasteiger partial charge in [-0.2, -0.15) is 4.98 Å². The van der Waals surface area contributed by atoms with Crippen molar-refractivity contribution in [3.8, 4) is 5.75 Å². The lowest BCUT2D eigenvalue weighted by Gasteiger charge is -2.03. The Balaban J connectivity index is 2.20. The van der Waals surface area contributed by atoms with E-state index in [0.29, 0.717) is 10.3 Å². The van der Waals surface area contributed by atoms with E-state index in [4.69, 9.17) is 4.52 Å². The number of hydrogen-bond acceptors (Lipinski definition) is 5. The number of amides is 1. The number of phenolic OH excluding ortho intramolecular Hbond substituents is 1. The smallest absolute Gasteiger partial charge is 0.328 e. The minimum atomic E-state index is -0.515. The second-order valence-electron chi connectivity index (χ2n) is 3.26. The van der Waals surface area contributed by atoms with E-state index in [-0.39, 0.29) is 17.3 Å². The van der Waals surface area contributed by atoms with Crippen molar-refractivity contribution in [3.63, 3.8) is 0 Å². The molecule has 17 heavy (non-hydrogen) atoms.